The second-order valence-corrected chi connectivity index (χ2v) is 3.25. The molecule has 0 aliphatic rings. The Morgan fingerprint density at radius 3 is 2.89 bits per heavy atom. The van der Waals surface area contributed by atoms with E-state index in [1.54, 1.807) is 6.92 Å². The number of methoxy groups -OCH3 is 1. The monoisotopic (exact) mass is 258 g/mol. The number of anilines is 1. The molecule has 0 spiro atoms. The van der Waals surface area contributed by atoms with Crippen LogP contribution in [-0.2, 0) is 14.3 Å². The molecule has 2 N–H and O–H groups in total. The van der Waals surface area contributed by atoms with Crippen LogP contribution in [0.4, 0.5) is 6.01 Å². The van der Waals surface area contributed by atoms with Crippen LogP contribution < -0.4 is 5.32 Å². The summed E-state index contributed by atoms with van der Waals surface area (Å²) in [6, 6.07) is -1.09. The topological polar surface area (TPSA) is 111 Å². The van der Waals surface area contributed by atoms with Crippen molar-refractivity contribution in [3.05, 3.63) is 12.0 Å². The number of aliphatic carboxylic acids is 1. The quantitative estimate of drug-likeness (QED) is 0.674. The number of carboxylic acids is 1. The van der Waals surface area contributed by atoms with E-state index in [9.17, 15) is 9.59 Å². The molecule has 1 heterocycles. The fraction of sp³-hybridized carbons (Fsp3) is 0.500. The van der Waals surface area contributed by atoms with Crippen molar-refractivity contribution in [1.82, 2.24) is 4.98 Å². The lowest BCUT2D eigenvalue weighted by molar-refractivity contribution is -0.139. The smallest absolute Gasteiger partial charge is 0.360 e. The van der Waals surface area contributed by atoms with Crippen LogP contribution in [0.15, 0.2) is 10.7 Å². The Kier molecular flexibility index (Phi) is 5.12. The summed E-state index contributed by atoms with van der Waals surface area (Å²) in [4.78, 5) is 25.9. The van der Waals surface area contributed by atoms with E-state index in [4.69, 9.17) is 19.0 Å². The summed E-state index contributed by atoms with van der Waals surface area (Å²) in [7, 11) is 1.37. The van der Waals surface area contributed by atoms with Crippen LogP contribution in [0.25, 0.3) is 0 Å². The first-order chi connectivity index (χ1) is 8.58. The molecule has 8 heteroatoms. The number of rotatable bonds is 7. The van der Waals surface area contributed by atoms with Gasteiger partial charge in [0, 0.05) is 7.11 Å². The van der Waals surface area contributed by atoms with Crippen LogP contribution in [-0.4, -0.2) is 48.4 Å². The van der Waals surface area contributed by atoms with Gasteiger partial charge in [0.05, 0.1) is 13.2 Å². The minimum Gasteiger partial charge on any atom is -0.480 e. The lowest BCUT2D eigenvalue weighted by Crippen LogP contribution is -2.33. The van der Waals surface area contributed by atoms with E-state index in [1.165, 1.54) is 7.11 Å². The molecule has 0 bridgehead atoms. The summed E-state index contributed by atoms with van der Waals surface area (Å²) in [6.07, 6.45) is 1.09. The first kappa shape index (κ1) is 14.0. The van der Waals surface area contributed by atoms with Gasteiger partial charge in [0.1, 0.15) is 6.26 Å². The van der Waals surface area contributed by atoms with Crippen molar-refractivity contribution in [2.75, 3.05) is 25.6 Å². The van der Waals surface area contributed by atoms with Crippen molar-refractivity contribution in [3.8, 4) is 0 Å². The van der Waals surface area contributed by atoms with Gasteiger partial charge in [0.2, 0.25) is 0 Å². The zero-order valence-corrected chi connectivity index (χ0v) is 10.0. The molecule has 1 rings (SSSR count). The highest BCUT2D eigenvalue weighted by Gasteiger charge is 2.20. The minimum atomic E-state index is -1.12. The molecule has 0 radical (unpaired) electrons. The molecular weight excluding hydrogens is 244 g/mol. The van der Waals surface area contributed by atoms with E-state index in [-0.39, 0.29) is 24.9 Å². The summed E-state index contributed by atoms with van der Waals surface area (Å²) in [5.74, 6) is -1.75. The molecule has 100 valence electrons. The number of oxazole rings is 1. The maximum absolute atomic E-state index is 11.3. The highest BCUT2D eigenvalue weighted by Crippen LogP contribution is 2.10. The van der Waals surface area contributed by atoms with Crippen molar-refractivity contribution >= 4 is 18.0 Å². The molecule has 0 aliphatic carbocycles. The Balaban J connectivity index is 2.67. The van der Waals surface area contributed by atoms with Crippen LogP contribution in [0.2, 0.25) is 0 Å². The Labute approximate surface area is 103 Å². The normalized spacial score (nSPS) is 11.9. The van der Waals surface area contributed by atoms with Gasteiger partial charge in [-0.3, -0.25) is 0 Å². The van der Waals surface area contributed by atoms with Crippen molar-refractivity contribution in [1.29, 1.82) is 0 Å². The second kappa shape index (κ2) is 6.60. The van der Waals surface area contributed by atoms with Gasteiger partial charge in [-0.15, -0.1) is 0 Å². The highest BCUT2D eigenvalue weighted by molar-refractivity contribution is 5.87. The Hall–Kier alpha value is -2.09. The Morgan fingerprint density at radius 2 is 2.33 bits per heavy atom. The lowest BCUT2D eigenvalue weighted by Gasteiger charge is -2.10. The number of carboxylic acid groups (broad SMARTS) is 1. The maximum Gasteiger partial charge on any atom is 0.360 e. The predicted molar refractivity (Wildman–Crippen MR) is 59.4 cm³/mol. The number of nitrogens with zero attached hydrogens (tertiary/aromatic N) is 1. The summed E-state index contributed by atoms with van der Waals surface area (Å²) in [5.41, 5.74) is -0.0269. The molecular formula is C10H14N2O6. The van der Waals surface area contributed by atoms with Crippen LogP contribution in [0.3, 0.4) is 0 Å². The lowest BCUT2D eigenvalue weighted by atomic mass is 10.3. The van der Waals surface area contributed by atoms with Crippen molar-refractivity contribution in [2.24, 2.45) is 0 Å². The SMILES string of the molecule is CCOC(=O)c1coc(NC(COC)C(=O)O)n1. The van der Waals surface area contributed by atoms with Gasteiger partial charge in [0.25, 0.3) is 6.01 Å². The molecule has 1 aromatic rings. The Bertz CT molecular complexity index is 416. The summed E-state index contributed by atoms with van der Waals surface area (Å²) in [5, 5.41) is 11.3. The van der Waals surface area contributed by atoms with Crippen LogP contribution in [0.1, 0.15) is 17.4 Å². The number of carbonyl (C=O) groups excluding carboxylic acids is 1. The zero-order chi connectivity index (χ0) is 13.5. The van der Waals surface area contributed by atoms with Gasteiger partial charge in [-0.05, 0) is 6.92 Å². The highest BCUT2D eigenvalue weighted by atomic mass is 16.5. The van der Waals surface area contributed by atoms with Crippen molar-refractivity contribution in [2.45, 2.75) is 13.0 Å². The van der Waals surface area contributed by atoms with E-state index in [2.05, 4.69) is 10.3 Å². The van der Waals surface area contributed by atoms with Gasteiger partial charge in [0.15, 0.2) is 11.7 Å². The molecule has 1 unspecified atom stereocenters. The van der Waals surface area contributed by atoms with Crippen LogP contribution in [0, 0.1) is 0 Å². The van der Waals surface area contributed by atoms with Crippen LogP contribution in [0.5, 0.6) is 0 Å². The number of hydrogen-bond donors (Lipinski definition) is 2. The largest absolute Gasteiger partial charge is 0.480 e. The van der Waals surface area contributed by atoms with Crippen LogP contribution >= 0.6 is 0 Å². The average molecular weight is 258 g/mol. The van der Waals surface area contributed by atoms with Gasteiger partial charge < -0.3 is 24.3 Å². The third kappa shape index (κ3) is 3.74. The number of nitrogens with one attached hydrogen (secondary N) is 1. The van der Waals surface area contributed by atoms with Gasteiger partial charge >= 0.3 is 11.9 Å². The molecule has 0 aliphatic heterocycles. The summed E-state index contributed by atoms with van der Waals surface area (Å²) in [6.45, 7) is 1.82. The number of aromatic nitrogens is 1. The fourth-order valence-corrected chi connectivity index (χ4v) is 1.13. The summed E-state index contributed by atoms with van der Waals surface area (Å²) >= 11 is 0. The van der Waals surface area contributed by atoms with E-state index >= 15 is 0 Å². The predicted octanol–water partition coefficient (Wildman–Crippen LogP) is 0.363. The Morgan fingerprint density at radius 1 is 1.61 bits per heavy atom. The third-order valence-corrected chi connectivity index (χ3v) is 1.92. The van der Waals surface area contributed by atoms with Gasteiger partial charge in [-0.1, -0.05) is 0 Å². The summed E-state index contributed by atoms with van der Waals surface area (Å²) < 4.78 is 14.4. The van der Waals surface area contributed by atoms with E-state index in [0.29, 0.717) is 0 Å². The van der Waals surface area contributed by atoms with E-state index in [0.717, 1.165) is 6.26 Å². The molecule has 0 aromatic carbocycles. The zero-order valence-electron chi connectivity index (χ0n) is 10.0. The second-order valence-electron chi connectivity index (χ2n) is 3.25. The molecule has 18 heavy (non-hydrogen) atoms. The van der Waals surface area contributed by atoms with Crippen molar-refractivity contribution < 1.29 is 28.6 Å². The number of esters is 1. The van der Waals surface area contributed by atoms with Gasteiger partial charge in [-0.25, -0.2) is 9.59 Å². The average Bonchev–Trinajstić information content (AvgIpc) is 2.77. The first-order valence-electron chi connectivity index (χ1n) is 5.19. The molecule has 0 saturated carbocycles. The molecule has 1 aromatic heterocycles. The van der Waals surface area contributed by atoms with Gasteiger partial charge in [-0.2, -0.15) is 4.98 Å². The molecule has 0 amide bonds. The number of ether oxygens (including phenoxy) is 2. The molecule has 0 saturated heterocycles. The number of hydrogen-bond acceptors (Lipinski definition) is 7. The van der Waals surface area contributed by atoms with Crippen molar-refractivity contribution in [3.63, 3.8) is 0 Å². The minimum absolute atomic E-state index is 0.0269. The molecule has 1 atom stereocenters. The standard InChI is InChI=1S/C10H14N2O6/c1-3-17-9(15)7-5-18-10(12-7)11-6(4-16-2)8(13)14/h5-6H,3-4H2,1-2H3,(H,11,12)(H,13,14). The van der Waals surface area contributed by atoms with E-state index in [1.807, 2.05) is 0 Å². The third-order valence-electron chi connectivity index (χ3n) is 1.92. The molecule has 0 fully saturated rings. The molecule has 8 nitrogen and oxygen atoms in total. The fourth-order valence-electron chi connectivity index (χ4n) is 1.13. The van der Waals surface area contributed by atoms with E-state index < -0.39 is 18.0 Å². The number of carbonyl (C=O) groups is 2. The first-order valence-corrected chi connectivity index (χ1v) is 5.19. The maximum atomic E-state index is 11.3.